The zero-order chi connectivity index (χ0) is 19.4. The molecule has 1 aliphatic heterocycles. The number of nitrogens with zero attached hydrogens (tertiary/aromatic N) is 1. The lowest BCUT2D eigenvalue weighted by atomic mass is 10.2. The Hall–Kier alpha value is -1.94. The van der Waals surface area contributed by atoms with Gasteiger partial charge < -0.3 is 14.8 Å². The quantitative estimate of drug-likeness (QED) is 0.750. The third-order valence-electron chi connectivity index (χ3n) is 4.14. The minimum atomic E-state index is -3.80. The molecule has 7 nitrogen and oxygen atoms in total. The molecular formula is C18H19BrN2O5S. The van der Waals surface area contributed by atoms with Gasteiger partial charge in [-0.15, -0.1) is 0 Å². The predicted octanol–water partition coefficient (Wildman–Crippen LogP) is 2.73. The first-order valence-corrected chi connectivity index (χ1v) is 10.5. The molecule has 1 fully saturated rings. The van der Waals surface area contributed by atoms with E-state index in [1.165, 1.54) is 29.6 Å². The average Bonchev–Trinajstić information content (AvgIpc) is 2.69. The Morgan fingerprint density at radius 1 is 1.19 bits per heavy atom. The third-order valence-corrected chi connectivity index (χ3v) is 6.75. The Labute approximate surface area is 166 Å². The van der Waals surface area contributed by atoms with Crippen molar-refractivity contribution in [2.75, 3.05) is 38.7 Å². The van der Waals surface area contributed by atoms with Crippen LogP contribution in [0.5, 0.6) is 5.75 Å². The number of anilines is 1. The monoisotopic (exact) mass is 454 g/mol. The zero-order valence-corrected chi connectivity index (χ0v) is 17.0. The van der Waals surface area contributed by atoms with Crippen LogP contribution in [0.25, 0.3) is 0 Å². The number of hydrogen-bond acceptors (Lipinski definition) is 5. The van der Waals surface area contributed by atoms with Gasteiger partial charge in [-0.2, -0.15) is 4.31 Å². The van der Waals surface area contributed by atoms with E-state index in [1.54, 1.807) is 18.2 Å². The summed E-state index contributed by atoms with van der Waals surface area (Å²) in [5.41, 5.74) is 0.814. The molecule has 1 aliphatic rings. The highest BCUT2D eigenvalue weighted by Gasteiger charge is 2.30. The zero-order valence-electron chi connectivity index (χ0n) is 14.6. The largest absolute Gasteiger partial charge is 0.495 e. The Balaban J connectivity index is 1.93. The van der Waals surface area contributed by atoms with Crippen LogP contribution in [0.4, 0.5) is 5.69 Å². The number of nitrogens with one attached hydrogen (secondary N) is 1. The molecule has 0 radical (unpaired) electrons. The number of halogens is 1. The van der Waals surface area contributed by atoms with Crippen molar-refractivity contribution < 1.29 is 22.7 Å². The van der Waals surface area contributed by atoms with E-state index in [-0.39, 0.29) is 29.3 Å². The number of carbonyl (C=O) groups is 1. The van der Waals surface area contributed by atoms with Crippen LogP contribution in [0.15, 0.2) is 51.8 Å². The summed E-state index contributed by atoms with van der Waals surface area (Å²) >= 11 is 3.37. The molecule has 1 saturated heterocycles. The maximum Gasteiger partial charge on any atom is 0.255 e. The number of ether oxygens (including phenoxy) is 2. The number of para-hydroxylation sites is 1. The summed E-state index contributed by atoms with van der Waals surface area (Å²) in [6.45, 7) is 1.20. The SMILES string of the molecule is COc1ccc(C(=O)Nc2ccccc2Br)cc1S(=O)(=O)N1CCOCC1. The number of benzene rings is 2. The van der Waals surface area contributed by atoms with Gasteiger partial charge in [-0.05, 0) is 46.3 Å². The Bertz CT molecular complexity index is 943. The van der Waals surface area contributed by atoms with E-state index in [4.69, 9.17) is 9.47 Å². The second-order valence-electron chi connectivity index (χ2n) is 5.82. The molecule has 3 rings (SSSR count). The molecule has 0 aromatic heterocycles. The van der Waals surface area contributed by atoms with E-state index in [1.807, 2.05) is 6.07 Å². The highest BCUT2D eigenvalue weighted by molar-refractivity contribution is 9.10. The maximum atomic E-state index is 13.0. The van der Waals surface area contributed by atoms with Crippen molar-refractivity contribution in [2.24, 2.45) is 0 Å². The normalized spacial score (nSPS) is 15.3. The van der Waals surface area contributed by atoms with Crippen molar-refractivity contribution in [1.82, 2.24) is 4.31 Å². The van der Waals surface area contributed by atoms with Crippen LogP contribution in [0, 0.1) is 0 Å². The van der Waals surface area contributed by atoms with Crippen molar-refractivity contribution in [2.45, 2.75) is 4.90 Å². The van der Waals surface area contributed by atoms with Gasteiger partial charge in [0.05, 0.1) is 26.0 Å². The third kappa shape index (κ3) is 4.32. The summed E-state index contributed by atoms with van der Waals surface area (Å²) in [5.74, 6) is -0.220. The van der Waals surface area contributed by atoms with Gasteiger partial charge in [-0.3, -0.25) is 4.79 Å². The van der Waals surface area contributed by atoms with Crippen molar-refractivity contribution in [3.8, 4) is 5.75 Å². The van der Waals surface area contributed by atoms with E-state index in [2.05, 4.69) is 21.2 Å². The number of morpholine rings is 1. The van der Waals surface area contributed by atoms with Crippen molar-refractivity contribution in [3.63, 3.8) is 0 Å². The van der Waals surface area contributed by atoms with Crippen LogP contribution in [-0.2, 0) is 14.8 Å². The molecule has 27 heavy (non-hydrogen) atoms. The number of amides is 1. The van der Waals surface area contributed by atoms with Gasteiger partial charge in [0.1, 0.15) is 10.6 Å². The minimum Gasteiger partial charge on any atom is -0.495 e. The number of sulfonamides is 1. The van der Waals surface area contributed by atoms with Gasteiger partial charge in [0.2, 0.25) is 10.0 Å². The Kier molecular flexibility index (Phi) is 6.15. The van der Waals surface area contributed by atoms with E-state index in [9.17, 15) is 13.2 Å². The highest BCUT2D eigenvalue weighted by atomic mass is 79.9. The topological polar surface area (TPSA) is 84.9 Å². The minimum absolute atomic E-state index is 0.0355. The predicted molar refractivity (Wildman–Crippen MR) is 105 cm³/mol. The van der Waals surface area contributed by atoms with Crippen molar-refractivity contribution in [1.29, 1.82) is 0 Å². The number of hydrogen-bond donors (Lipinski definition) is 1. The number of rotatable bonds is 5. The van der Waals surface area contributed by atoms with E-state index < -0.39 is 15.9 Å². The summed E-state index contributed by atoms with van der Waals surface area (Å²) < 4.78 is 38.5. The van der Waals surface area contributed by atoms with E-state index in [0.717, 1.165) is 4.47 Å². The Morgan fingerprint density at radius 2 is 1.89 bits per heavy atom. The fourth-order valence-electron chi connectivity index (χ4n) is 2.70. The average molecular weight is 455 g/mol. The van der Waals surface area contributed by atoms with Gasteiger partial charge in [0, 0.05) is 23.1 Å². The molecular weight excluding hydrogens is 436 g/mol. The fraction of sp³-hybridized carbons (Fsp3) is 0.278. The van der Waals surface area contributed by atoms with E-state index in [0.29, 0.717) is 18.9 Å². The van der Waals surface area contributed by atoms with Crippen LogP contribution in [0.2, 0.25) is 0 Å². The number of methoxy groups -OCH3 is 1. The number of carbonyl (C=O) groups excluding carboxylic acids is 1. The molecule has 0 spiro atoms. The molecule has 2 aromatic rings. The summed E-state index contributed by atoms with van der Waals surface area (Å²) in [6, 6.07) is 11.5. The molecule has 144 valence electrons. The molecule has 0 bridgehead atoms. The van der Waals surface area contributed by atoms with Crippen LogP contribution >= 0.6 is 15.9 Å². The Morgan fingerprint density at radius 3 is 2.56 bits per heavy atom. The molecule has 1 N–H and O–H groups in total. The summed E-state index contributed by atoms with van der Waals surface area (Å²) in [4.78, 5) is 12.6. The molecule has 1 amide bonds. The second kappa shape index (κ2) is 8.39. The van der Waals surface area contributed by atoms with E-state index >= 15 is 0 Å². The lowest BCUT2D eigenvalue weighted by Crippen LogP contribution is -2.40. The first kappa shape index (κ1) is 19.8. The summed E-state index contributed by atoms with van der Waals surface area (Å²) in [5, 5.41) is 2.77. The molecule has 2 aromatic carbocycles. The first-order chi connectivity index (χ1) is 12.9. The van der Waals surface area contributed by atoms with Gasteiger partial charge in [0.25, 0.3) is 5.91 Å². The molecule has 0 aliphatic carbocycles. The standard InChI is InChI=1S/C18H19BrN2O5S/c1-25-16-7-6-13(18(22)20-15-5-3-2-4-14(15)19)12-17(16)27(23,24)21-8-10-26-11-9-21/h2-7,12H,8-11H2,1H3,(H,20,22). The van der Waals surface area contributed by atoms with Crippen molar-refractivity contribution in [3.05, 3.63) is 52.5 Å². The van der Waals surface area contributed by atoms with Gasteiger partial charge in [0.15, 0.2) is 0 Å². The van der Waals surface area contributed by atoms with Gasteiger partial charge >= 0.3 is 0 Å². The first-order valence-electron chi connectivity index (χ1n) is 8.25. The second-order valence-corrected chi connectivity index (χ2v) is 8.58. The lowest BCUT2D eigenvalue weighted by molar-refractivity contribution is 0.0729. The van der Waals surface area contributed by atoms with Crippen molar-refractivity contribution >= 4 is 37.5 Å². The summed E-state index contributed by atoms with van der Waals surface area (Å²) in [6.07, 6.45) is 0. The lowest BCUT2D eigenvalue weighted by Gasteiger charge is -2.26. The van der Waals surface area contributed by atoms with Crippen LogP contribution < -0.4 is 10.1 Å². The molecule has 1 heterocycles. The van der Waals surface area contributed by atoms with Crippen LogP contribution in [-0.4, -0.2) is 52.0 Å². The highest BCUT2D eigenvalue weighted by Crippen LogP contribution is 2.29. The smallest absolute Gasteiger partial charge is 0.255 e. The van der Waals surface area contributed by atoms with Gasteiger partial charge in [-0.1, -0.05) is 12.1 Å². The molecule has 9 heteroatoms. The molecule has 0 saturated carbocycles. The molecule has 0 atom stereocenters. The fourth-order valence-corrected chi connectivity index (χ4v) is 4.68. The van der Waals surface area contributed by atoms with Crippen LogP contribution in [0.3, 0.4) is 0 Å². The van der Waals surface area contributed by atoms with Crippen LogP contribution in [0.1, 0.15) is 10.4 Å². The maximum absolute atomic E-state index is 13.0. The summed E-state index contributed by atoms with van der Waals surface area (Å²) in [7, 11) is -2.41. The molecule has 0 unspecified atom stereocenters. The van der Waals surface area contributed by atoms with Gasteiger partial charge in [-0.25, -0.2) is 8.42 Å².